The van der Waals surface area contributed by atoms with Gasteiger partial charge in [0.25, 0.3) is 0 Å². The Morgan fingerprint density at radius 2 is 2.22 bits per heavy atom. The Labute approximate surface area is 107 Å². The Kier molecular flexibility index (Phi) is 2.89. The molecule has 0 bridgehead atoms. The average molecular weight is 245 g/mol. The molecule has 0 aromatic carbocycles. The summed E-state index contributed by atoms with van der Waals surface area (Å²) in [6, 6.07) is 4.38. The van der Waals surface area contributed by atoms with Gasteiger partial charge in [0.2, 0.25) is 0 Å². The summed E-state index contributed by atoms with van der Waals surface area (Å²) < 4.78 is 1.77. The maximum absolute atomic E-state index is 4.50. The van der Waals surface area contributed by atoms with Crippen LogP contribution < -0.4 is 5.32 Å². The molecular weight excluding hydrogens is 226 g/mol. The molecule has 1 unspecified atom stereocenters. The first-order chi connectivity index (χ1) is 8.72. The molecule has 18 heavy (non-hydrogen) atoms. The van der Waals surface area contributed by atoms with Crippen LogP contribution in [0.25, 0.3) is 5.65 Å². The molecule has 1 N–H and O–H groups in total. The van der Waals surface area contributed by atoms with Gasteiger partial charge in [0.1, 0.15) is 5.82 Å². The number of aryl methyl sites for hydroxylation is 1. The molecule has 1 atom stereocenters. The van der Waals surface area contributed by atoms with Crippen LogP contribution in [-0.4, -0.2) is 25.9 Å². The minimum absolute atomic E-state index is 0.465. The highest BCUT2D eigenvalue weighted by Crippen LogP contribution is 2.34. The number of anilines is 1. The molecule has 0 saturated heterocycles. The van der Waals surface area contributed by atoms with Gasteiger partial charge in [-0.2, -0.15) is 4.52 Å². The smallest absolute Gasteiger partial charge is 0.178 e. The monoisotopic (exact) mass is 245 g/mol. The van der Waals surface area contributed by atoms with Crippen LogP contribution in [0.5, 0.6) is 0 Å². The van der Waals surface area contributed by atoms with Gasteiger partial charge in [0.05, 0.1) is 0 Å². The van der Waals surface area contributed by atoms with Crippen LogP contribution in [0, 0.1) is 12.8 Å². The normalized spacial score (nSPS) is 17.0. The maximum Gasteiger partial charge on any atom is 0.178 e. The van der Waals surface area contributed by atoms with Gasteiger partial charge in [-0.1, -0.05) is 12.8 Å². The predicted molar refractivity (Wildman–Crippen MR) is 70.6 cm³/mol. The van der Waals surface area contributed by atoms with Crippen molar-refractivity contribution in [3.63, 3.8) is 0 Å². The van der Waals surface area contributed by atoms with Gasteiger partial charge in [-0.05, 0) is 44.7 Å². The van der Waals surface area contributed by atoms with Gasteiger partial charge in [-0.25, -0.2) is 0 Å². The van der Waals surface area contributed by atoms with E-state index in [0.717, 1.165) is 23.2 Å². The van der Waals surface area contributed by atoms with Crippen LogP contribution >= 0.6 is 0 Å². The van der Waals surface area contributed by atoms with Crippen molar-refractivity contribution in [2.24, 2.45) is 5.92 Å². The van der Waals surface area contributed by atoms with Crippen molar-refractivity contribution in [3.8, 4) is 0 Å². The van der Waals surface area contributed by atoms with Crippen LogP contribution in [0.1, 0.15) is 38.4 Å². The molecule has 5 nitrogen and oxygen atoms in total. The van der Waals surface area contributed by atoms with Crippen molar-refractivity contribution in [2.75, 3.05) is 5.32 Å². The van der Waals surface area contributed by atoms with Crippen LogP contribution in [0.15, 0.2) is 12.1 Å². The number of nitrogens with one attached hydrogen (secondary N) is 1. The molecule has 0 radical (unpaired) electrons. The van der Waals surface area contributed by atoms with E-state index < -0.39 is 0 Å². The zero-order valence-electron chi connectivity index (χ0n) is 10.9. The third-order valence-corrected chi connectivity index (χ3v) is 3.52. The van der Waals surface area contributed by atoms with Gasteiger partial charge < -0.3 is 5.32 Å². The van der Waals surface area contributed by atoms with Crippen LogP contribution in [0.2, 0.25) is 0 Å². The molecule has 3 rings (SSSR count). The zero-order valence-corrected chi connectivity index (χ0v) is 10.9. The fourth-order valence-electron chi connectivity index (χ4n) is 2.19. The third kappa shape index (κ3) is 2.44. The minimum atomic E-state index is 0.465. The first-order valence-electron chi connectivity index (χ1n) is 6.68. The van der Waals surface area contributed by atoms with Crippen LogP contribution in [-0.2, 0) is 0 Å². The molecule has 0 amide bonds. The molecule has 1 aliphatic carbocycles. The summed E-state index contributed by atoms with van der Waals surface area (Å²) in [6.07, 6.45) is 5.40. The Hall–Kier alpha value is -1.65. The van der Waals surface area contributed by atoms with Crippen molar-refractivity contribution in [2.45, 2.75) is 45.6 Å². The predicted octanol–water partition coefficient (Wildman–Crippen LogP) is 2.42. The summed E-state index contributed by atoms with van der Waals surface area (Å²) in [5.41, 5.74) is 0.795. The van der Waals surface area contributed by atoms with E-state index in [0.29, 0.717) is 6.04 Å². The van der Waals surface area contributed by atoms with Crippen molar-refractivity contribution in [3.05, 3.63) is 18.0 Å². The Morgan fingerprint density at radius 3 is 3.00 bits per heavy atom. The lowest BCUT2D eigenvalue weighted by atomic mass is 10.1. The molecular formula is C13H19N5. The summed E-state index contributed by atoms with van der Waals surface area (Å²) in [6.45, 7) is 4.13. The molecule has 5 heteroatoms. The molecule has 2 heterocycles. The molecule has 0 spiro atoms. The van der Waals surface area contributed by atoms with Crippen molar-refractivity contribution in [1.29, 1.82) is 0 Å². The lowest BCUT2D eigenvalue weighted by molar-refractivity contribution is 0.607. The van der Waals surface area contributed by atoms with Gasteiger partial charge in [0, 0.05) is 6.04 Å². The van der Waals surface area contributed by atoms with E-state index in [-0.39, 0.29) is 0 Å². The first-order valence-corrected chi connectivity index (χ1v) is 6.68. The van der Waals surface area contributed by atoms with Crippen molar-refractivity contribution < 1.29 is 0 Å². The SMILES string of the molecule is Cc1nnc2ccc(NC(C)CCC3CC3)nn12. The summed E-state index contributed by atoms with van der Waals surface area (Å²) in [5.74, 6) is 2.71. The van der Waals surface area contributed by atoms with Crippen LogP contribution in [0.4, 0.5) is 5.82 Å². The topological polar surface area (TPSA) is 55.1 Å². The number of aromatic nitrogens is 4. The quantitative estimate of drug-likeness (QED) is 0.879. The van der Waals surface area contributed by atoms with E-state index >= 15 is 0 Å². The number of hydrogen-bond donors (Lipinski definition) is 1. The summed E-state index contributed by atoms with van der Waals surface area (Å²) >= 11 is 0. The van der Waals surface area contributed by atoms with Crippen LogP contribution in [0.3, 0.4) is 0 Å². The van der Waals surface area contributed by atoms with E-state index in [9.17, 15) is 0 Å². The van der Waals surface area contributed by atoms with E-state index in [1.54, 1.807) is 4.52 Å². The third-order valence-electron chi connectivity index (χ3n) is 3.52. The second-order valence-electron chi connectivity index (χ2n) is 5.30. The number of hydrogen-bond acceptors (Lipinski definition) is 4. The van der Waals surface area contributed by atoms with Gasteiger partial charge >= 0.3 is 0 Å². The zero-order chi connectivity index (χ0) is 12.5. The summed E-state index contributed by atoms with van der Waals surface area (Å²) in [7, 11) is 0. The van der Waals surface area contributed by atoms with Crippen molar-refractivity contribution in [1.82, 2.24) is 19.8 Å². The second kappa shape index (κ2) is 4.55. The van der Waals surface area contributed by atoms with Crippen molar-refractivity contribution >= 4 is 11.5 Å². The Morgan fingerprint density at radius 1 is 1.39 bits per heavy atom. The summed E-state index contributed by atoms with van der Waals surface area (Å²) in [4.78, 5) is 0. The van der Waals surface area contributed by atoms with Gasteiger partial charge in [-0.3, -0.25) is 0 Å². The average Bonchev–Trinajstić information content (AvgIpc) is 3.12. The second-order valence-corrected chi connectivity index (χ2v) is 5.30. The number of fused-ring (bicyclic) bond motifs is 1. The lowest BCUT2D eigenvalue weighted by Crippen LogP contribution is -2.17. The molecule has 2 aromatic rings. The molecule has 0 aliphatic heterocycles. The number of nitrogens with zero attached hydrogens (tertiary/aromatic N) is 4. The summed E-state index contributed by atoms with van der Waals surface area (Å²) in [5, 5.41) is 16.0. The lowest BCUT2D eigenvalue weighted by Gasteiger charge is -2.14. The number of rotatable bonds is 5. The molecule has 1 fully saturated rings. The van der Waals surface area contributed by atoms with E-state index in [1.807, 2.05) is 19.1 Å². The first kappa shape index (κ1) is 11.4. The molecule has 96 valence electrons. The minimum Gasteiger partial charge on any atom is -0.366 e. The largest absolute Gasteiger partial charge is 0.366 e. The fraction of sp³-hybridized carbons (Fsp3) is 0.615. The van der Waals surface area contributed by atoms with E-state index in [2.05, 4.69) is 27.5 Å². The standard InChI is InChI=1S/C13H19N5/c1-9(3-4-11-5-6-11)14-12-7-8-13-16-15-10(2)18(13)17-12/h7-9,11H,3-6H2,1-2H3,(H,14,17). The molecule has 1 saturated carbocycles. The maximum atomic E-state index is 4.50. The van der Waals surface area contributed by atoms with E-state index in [4.69, 9.17) is 0 Å². The van der Waals surface area contributed by atoms with E-state index in [1.165, 1.54) is 25.7 Å². The Balaban J connectivity index is 1.67. The van der Waals surface area contributed by atoms with Gasteiger partial charge in [0.15, 0.2) is 11.5 Å². The highest BCUT2D eigenvalue weighted by molar-refractivity contribution is 5.44. The fourth-order valence-corrected chi connectivity index (χ4v) is 2.19. The molecule has 2 aromatic heterocycles. The highest BCUT2D eigenvalue weighted by Gasteiger charge is 2.21. The highest BCUT2D eigenvalue weighted by atomic mass is 15.4. The Bertz CT molecular complexity index is 543. The molecule has 1 aliphatic rings. The van der Waals surface area contributed by atoms with Gasteiger partial charge in [-0.15, -0.1) is 15.3 Å².